The van der Waals surface area contributed by atoms with E-state index in [9.17, 15) is 5.11 Å². The van der Waals surface area contributed by atoms with Gasteiger partial charge in [-0.25, -0.2) is 0 Å². The third-order valence-corrected chi connectivity index (χ3v) is 6.07. The summed E-state index contributed by atoms with van der Waals surface area (Å²) in [6, 6.07) is 8.51. The first-order valence-corrected chi connectivity index (χ1v) is 11.1. The Morgan fingerprint density at radius 2 is 1.90 bits per heavy atom. The molecule has 3 heterocycles. The largest absolute Gasteiger partial charge is 0.493 e. The van der Waals surface area contributed by atoms with Crippen molar-refractivity contribution < 1.29 is 14.6 Å². The zero-order chi connectivity index (χ0) is 20.8. The van der Waals surface area contributed by atoms with Gasteiger partial charge in [0.05, 0.1) is 13.2 Å². The fraction of sp³-hybridized carbons (Fsp3) is 0.609. The van der Waals surface area contributed by atoms with Crippen LogP contribution in [-0.2, 0) is 6.54 Å². The van der Waals surface area contributed by atoms with Gasteiger partial charge in [0.25, 0.3) is 0 Å². The summed E-state index contributed by atoms with van der Waals surface area (Å²) in [6.45, 7) is 5.97. The maximum absolute atomic E-state index is 10.5. The lowest BCUT2D eigenvalue weighted by molar-refractivity contribution is 0.0680. The molecule has 2 saturated heterocycles. The first-order valence-electron chi connectivity index (χ1n) is 11.1. The van der Waals surface area contributed by atoms with Gasteiger partial charge >= 0.3 is 0 Å². The molecule has 0 radical (unpaired) electrons. The zero-order valence-electron chi connectivity index (χ0n) is 17.9. The molecule has 2 aliphatic rings. The zero-order valence-corrected chi connectivity index (χ0v) is 17.9. The number of hydrogen-bond donors (Lipinski definition) is 1. The van der Waals surface area contributed by atoms with Crippen LogP contribution in [0.2, 0.25) is 0 Å². The van der Waals surface area contributed by atoms with E-state index in [0.29, 0.717) is 24.1 Å². The lowest BCUT2D eigenvalue weighted by Gasteiger charge is -2.39. The molecule has 7 heteroatoms. The van der Waals surface area contributed by atoms with E-state index < -0.39 is 6.10 Å². The van der Waals surface area contributed by atoms with E-state index in [1.54, 1.807) is 7.11 Å². The molecule has 1 aromatic carbocycles. The van der Waals surface area contributed by atoms with Crippen LogP contribution in [0.25, 0.3) is 0 Å². The molecule has 1 aromatic heterocycles. The molecule has 0 bridgehead atoms. The first kappa shape index (κ1) is 21.2. The molecule has 0 spiro atoms. The van der Waals surface area contributed by atoms with Gasteiger partial charge in [-0.15, -0.1) is 0 Å². The highest BCUT2D eigenvalue weighted by Gasteiger charge is 2.28. The number of methoxy groups -OCH3 is 1. The summed E-state index contributed by atoms with van der Waals surface area (Å²) in [5, 5.41) is 14.8. The van der Waals surface area contributed by atoms with Gasteiger partial charge in [0, 0.05) is 38.6 Å². The summed E-state index contributed by atoms with van der Waals surface area (Å²) < 4.78 is 13.5. The normalized spacial score (nSPS) is 19.8. The Balaban J connectivity index is 1.28. The highest BCUT2D eigenvalue weighted by atomic mass is 16.5. The van der Waals surface area contributed by atoms with E-state index in [1.165, 1.54) is 31.2 Å². The number of nitrogens with zero attached hydrogens (tertiary/aromatic N) is 4. The monoisotopic (exact) mass is 414 g/mol. The van der Waals surface area contributed by atoms with Crippen LogP contribution >= 0.6 is 0 Å². The summed E-state index contributed by atoms with van der Waals surface area (Å²) in [4.78, 5) is 4.75. The van der Waals surface area contributed by atoms with Crippen LogP contribution in [0.3, 0.4) is 0 Å². The average Bonchev–Trinajstić information content (AvgIpc) is 3.13. The van der Waals surface area contributed by atoms with Gasteiger partial charge in [-0.3, -0.25) is 9.58 Å². The molecule has 2 aliphatic heterocycles. The van der Waals surface area contributed by atoms with Gasteiger partial charge in [-0.1, -0.05) is 18.9 Å². The first-order chi connectivity index (χ1) is 14.7. The Kier molecular flexibility index (Phi) is 7.25. The van der Waals surface area contributed by atoms with Gasteiger partial charge in [-0.05, 0) is 49.7 Å². The highest BCUT2D eigenvalue weighted by Crippen LogP contribution is 2.30. The number of likely N-dealkylation sites (tertiary alicyclic amines) is 2. The molecule has 1 atom stereocenters. The summed E-state index contributed by atoms with van der Waals surface area (Å²) in [6.07, 6.45) is 8.40. The van der Waals surface area contributed by atoms with E-state index in [-0.39, 0.29) is 6.61 Å². The number of aliphatic hydroxyl groups is 1. The lowest BCUT2D eigenvalue weighted by Crippen LogP contribution is -2.47. The molecule has 0 aliphatic carbocycles. The predicted molar refractivity (Wildman–Crippen MR) is 116 cm³/mol. The number of benzene rings is 1. The number of ether oxygens (including phenoxy) is 2. The molecular weight excluding hydrogens is 380 g/mol. The topological polar surface area (TPSA) is 63.0 Å². The van der Waals surface area contributed by atoms with Crippen LogP contribution in [0.1, 0.15) is 37.3 Å². The predicted octanol–water partition coefficient (Wildman–Crippen LogP) is 2.56. The minimum atomic E-state index is -0.498. The Hall–Kier alpha value is -2.09. The van der Waals surface area contributed by atoms with E-state index >= 15 is 0 Å². The van der Waals surface area contributed by atoms with Crippen LogP contribution in [0.4, 0.5) is 0 Å². The van der Waals surface area contributed by atoms with Crippen molar-refractivity contribution in [3.05, 3.63) is 42.2 Å². The van der Waals surface area contributed by atoms with Gasteiger partial charge in [-0.2, -0.15) is 5.10 Å². The Morgan fingerprint density at radius 1 is 1.10 bits per heavy atom. The minimum Gasteiger partial charge on any atom is -0.493 e. The van der Waals surface area contributed by atoms with Crippen molar-refractivity contribution in [1.29, 1.82) is 0 Å². The molecular formula is C23H34N4O3. The van der Waals surface area contributed by atoms with Crippen molar-refractivity contribution in [2.75, 3.05) is 46.4 Å². The van der Waals surface area contributed by atoms with Crippen LogP contribution in [-0.4, -0.2) is 77.2 Å². The van der Waals surface area contributed by atoms with Crippen molar-refractivity contribution in [3.63, 3.8) is 0 Å². The number of rotatable bonds is 9. The van der Waals surface area contributed by atoms with Crippen LogP contribution < -0.4 is 9.47 Å². The highest BCUT2D eigenvalue weighted by molar-refractivity contribution is 5.43. The van der Waals surface area contributed by atoms with Gasteiger partial charge in [0.2, 0.25) is 0 Å². The smallest absolute Gasteiger partial charge is 0.161 e. The van der Waals surface area contributed by atoms with E-state index in [0.717, 1.165) is 32.7 Å². The van der Waals surface area contributed by atoms with Crippen molar-refractivity contribution in [2.45, 2.75) is 44.4 Å². The Bertz CT molecular complexity index is 769. The summed E-state index contributed by atoms with van der Waals surface area (Å²) in [5.41, 5.74) is 1.19. The van der Waals surface area contributed by atoms with E-state index in [1.807, 2.05) is 35.3 Å². The van der Waals surface area contributed by atoms with E-state index in [4.69, 9.17) is 9.47 Å². The second kappa shape index (κ2) is 10.3. The summed E-state index contributed by atoms with van der Waals surface area (Å²) >= 11 is 0. The molecule has 0 amide bonds. The van der Waals surface area contributed by atoms with Gasteiger partial charge in [0.1, 0.15) is 12.7 Å². The Labute approximate surface area is 179 Å². The molecule has 7 nitrogen and oxygen atoms in total. The third kappa shape index (κ3) is 5.53. The maximum Gasteiger partial charge on any atom is 0.161 e. The molecule has 30 heavy (non-hydrogen) atoms. The van der Waals surface area contributed by atoms with Crippen LogP contribution in [0.15, 0.2) is 36.7 Å². The van der Waals surface area contributed by atoms with Gasteiger partial charge in [0.15, 0.2) is 11.5 Å². The molecule has 2 fully saturated rings. The van der Waals surface area contributed by atoms with Crippen LogP contribution in [0.5, 0.6) is 11.5 Å². The molecule has 2 aromatic rings. The van der Waals surface area contributed by atoms with Crippen molar-refractivity contribution >= 4 is 0 Å². The maximum atomic E-state index is 10.5. The molecule has 1 unspecified atom stereocenters. The molecule has 4 rings (SSSR count). The fourth-order valence-corrected chi connectivity index (χ4v) is 4.38. The third-order valence-electron chi connectivity index (χ3n) is 6.07. The summed E-state index contributed by atoms with van der Waals surface area (Å²) in [7, 11) is 1.65. The fourth-order valence-electron chi connectivity index (χ4n) is 4.38. The number of β-amino-alcohol motifs (C(OH)–C–C–N with tert-alkyl or cyclic N) is 1. The lowest BCUT2D eigenvalue weighted by atomic mass is 10.1. The number of aliphatic hydroxyl groups excluding tert-OH is 1. The molecule has 164 valence electrons. The van der Waals surface area contributed by atoms with E-state index in [2.05, 4.69) is 21.0 Å². The average molecular weight is 415 g/mol. The van der Waals surface area contributed by atoms with Crippen LogP contribution in [0, 0.1) is 0 Å². The van der Waals surface area contributed by atoms with Gasteiger partial charge < -0.3 is 19.5 Å². The standard InChI is InChI=1S/C23H34N4O3/c1-29-22-8-7-19(14-26-15-20(16-26)27-12-6-9-24-27)13-23(22)30-18-21(28)17-25-10-4-2-3-5-11-25/h6-9,12-13,20-21,28H,2-5,10-11,14-18H2,1H3. The SMILES string of the molecule is COc1ccc(CN2CC(n3cccn3)C2)cc1OCC(O)CN1CCCCCC1. The number of hydrogen-bond acceptors (Lipinski definition) is 6. The second-order valence-corrected chi connectivity index (χ2v) is 8.50. The minimum absolute atomic E-state index is 0.279. The van der Waals surface area contributed by atoms with Crippen molar-refractivity contribution in [2.24, 2.45) is 0 Å². The Morgan fingerprint density at radius 3 is 2.60 bits per heavy atom. The molecule has 0 saturated carbocycles. The quantitative estimate of drug-likeness (QED) is 0.681. The van der Waals surface area contributed by atoms with Crippen molar-refractivity contribution in [1.82, 2.24) is 19.6 Å². The number of aromatic nitrogens is 2. The molecule has 1 N–H and O–H groups in total. The second-order valence-electron chi connectivity index (χ2n) is 8.50. The summed E-state index contributed by atoms with van der Waals surface area (Å²) in [5.74, 6) is 1.41. The van der Waals surface area contributed by atoms with Crippen molar-refractivity contribution in [3.8, 4) is 11.5 Å².